The Kier molecular flexibility index (Phi) is 10.4. The van der Waals surface area contributed by atoms with Crippen molar-refractivity contribution in [2.75, 3.05) is 51.1 Å². The Morgan fingerprint density at radius 2 is 1.55 bits per heavy atom. The first kappa shape index (κ1) is 35.6. The third kappa shape index (κ3) is 7.35. The van der Waals surface area contributed by atoms with Gasteiger partial charge in [-0.15, -0.1) is 0 Å². The summed E-state index contributed by atoms with van der Waals surface area (Å²) in [7, 11) is -6.65. The summed E-state index contributed by atoms with van der Waals surface area (Å²) in [5.41, 5.74) is 0.664. The zero-order chi connectivity index (χ0) is 34.2. The van der Waals surface area contributed by atoms with Gasteiger partial charge in [0.25, 0.3) is 0 Å². The maximum Gasteiger partial charge on any atom is 0.175 e. The molecule has 1 N–H and O–H groups in total. The molecule has 0 bridgehead atoms. The number of piperazine rings is 1. The fourth-order valence-corrected chi connectivity index (χ4v) is 8.25. The minimum absolute atomic E-state index is 0.116. The summed E-state index contributed by atoms with van der Waals surface area (Å²) >= 11 is 12.8. The summed E-state index contributed by atoms with van der Waals surface area (Å²) < 4.78 is 55.6. The topological polar surface area (TPSA) is 108 Å². The predicted molar refractivity (Wildman–Crippen MR) is 189 cm³/mol. The molecule has 9 nitrogen and oxygen atoms in total. The molecule has 1 unspecified atom stereocenters. The molecule has 1 saturated heterocycles. The summed E-state index contributed by atoms with van der Waals surface area (Å²) in [4.78, 5) is 10.2. The van der Waals surface area contributed by atoms with Gasteiger partial charge in [-0.05, 0) is 87.3 Å². The molecule has 2 heterocycles. The molecule has 47 heavy (non-hydrogen) atoms. The van der Waals surface area contributed by atoms with Crippen molar-refractivity contribution in [3.8, 4) is 5.75 Å². The molecule has 0 aliphatic carbocycles. The lowest BCUT2D eigenvalue weighted by atomic mass is 9.70. The summed E-state index contributed by atoms with van der Waals surface area (Å²) in [6.07, 6.45) is 2.67. The molecule has 3 aromatic carbocycles. The number of hydrogen-bond acceptors (Lipinski definition) is 9. The third-order valence-corrected chi connectivity index (χ3v) is 11.9. The highest BCUT2D eigenvalue weighted by Crippen LogP contribution is 2.54. The van der Waals surface area contributed by atoms with E-state index in [1.165, 1.54) is 12.5 Å². The molecule has 5 rings (SSSR count). The van der Waals surface area contributed by atoms with E-state index >= 15 is 0 Å². The van der Waals surface area contributed by atoms with Crippen molar-refractivity contribution in [3.63, 3.8) is 0 Å². The van der Waals surface area contributed by atoms with Crippen molar-refractivity contribution < 1.29 is 21.6 Å². The molecule has 13 heteroatoms. The normalized spacial score (nSPS) is 23.9. The fraction of sp³-hybridized carbons (Fsp3) is 0.441. The number of hydrogen-bond donors (Lipinski definition) is 1. The number of halogens is 2. The molecule has 3 atom stereocenters. The second kappa shape index (κ2) is 13.7. The zero-order valence-electron chi connectivity index (χ0n) is 27.3. The largest absolute Gasteiger partial charge is 0.493 e. The van der Waals surface area contributed by atoms with Gasteiger partial charge in [-0.3, -0.25) is 15.2 Å². The Hall–Kier alpha value is -2.67. The molecule has 0 radical (unpaired) electrons. The molecule has 2 aliphatic heterocycles. The lowest BCUT2D eigenvalue weighted by Gasteiger charge is -2.51. The molecule has 3 aromatic rings. The van der Waals surface area contributed by atoms with Crippen molar-refractivity contribution >= 4 is 48.7 Å². The second-order valence-corrected chi connectivity index (χ2v) is 17.7. The monoisotopic (exact) mass is 720 g/mol. The number of rotatable bonds is 11. The number of aliphatic imine (C=N–C) groups is 1. The SMILES string of the molecule is CCOc1ccc(S(C)(=O)=O)cc1C1=N[C@@](C)(c2ccc(Cl)cc2)[C@@](C)(c2ccc(Cl)cc2)N1C1CN(CCCS(C)(=O)=O)CCN1. The van der Waals surface area contributed by atoms with E-state index < -0.39 is 30.8 Å². The Balaban J connectivity index is 1.75. The Morgan fingerprint density at radius 3 is 2.13 bits per heavy atom. The predicted octanol–water partition coefficient (Wildman–Crippen LogP) is 5.35. The molecule has 254 valence electrons. The van der Waals surface area contributed by atoms with Crippen LogP contribution in [0.1, 0.15) is 43.9 Å². The van der Waals surface area contributed by atoms with E-state index in [9.17, 15) is 16.8 Å². The van der Waals surface area contributed by atoms with Gasteiger partial charge >= 0.3 is 0 Å². The van der Waals surface area contributed by atoms with Gasteiger partial charge in [0.05, 0.1) is 34.5 Å². The van der Waals surface area contributed by atoms with E-state index in [-0.39, 0.29) is 16.8 Å². The van der Waals surface area contributed by atoms with Crippen LogP contribution < -0.4 is 10.1 Å². The number of ether oxygens (including phenoxy) is 1. The summed E-state index contributed by atoms with van der Waals surface area (Å²) in [5.74, 6) is 1.21. The molecular formula is C34H42Cl2N4O5S2. The first-order valence-corrected chi connectivity index (χ1v) is 20.3. The van der Waals surface area contributed by atoms with Crippen molar-refractivity contribution in [1.29, 1.82) is 0 Å². The van der Waals surface area contributed by atoms with Crippen molar-refractivity contribution in [2.45, 2.75) is 49.3 Å². The van der Waals surface area contributed by atoms with Gasteiger partial charge in [0, 0.05) is 42.2 Å². The summed E-state index contributed by atoms with van der Waals surface area (Å²) in [6, 6.07) is 20.3. The van der Waals surface area contributed by atoms with Crippen LogP contribution in [-0.2, 0) is 30.8 Å². The van der Waals surface area contributed by atoms with E-state index in [2.05, 4.69) is 29.0 Å². The molecule has 0 saturated carbocycles. The van der Waals surface area contributed by atoms with E-state index in [4.69, 9.17) is 32.9 Å². The minimum atomic E-state index is -3.56. The minimum Gasteiger partial charge on any atom is -0.493 e. The Morgan fingerprint density at radius 1 is 0.936 bits per heavy atom. The maximum absolute atomic E-state index is 12.8. The molecule has 0 aromatic heterocycles. The quantitative estimate of drug-likeness (QED) is 0.283. The van der Waals surface area contributed by atoms with Crippen LogP contribution in [-0.4, -0.2) is 89.7 Å². The van der Waals surface area contributed by atoms with Gasteiger partial charge in [-0.1, -0.05) is 47.5 Å². The second-order valence-electron chi connectivity index (χ2n) is 12.6. The lowest BCUT2D eigenvalue weighted by Crippen LogP contribution is -2.65. The Labute approximate surface area is 288 Å². The molecule has 2 aliphatic rings. The third-order valence-electron chi connectivity index (χ3n) is 9.26. The summed E-state index contributed by atoms with van der Waals surface area (Å²) in [5, 5.41) is 4.91. The van der Waals surface area contributed by atoms with E-state index in [1.54, 1.807) is 18.2 Å². The van der Waals surface area contributed by atoms with E-state index in [1.807, 2.05) is 55.5 Å². The van der Waals surface area contributed by atoms with E-state index in [0.29, 0.717) is 59.9 Å². The lowest BCUT2D eigenvalue weighted by molar-refractivity contribution is 0.0362. The average molecular weight is 722 g/mol. The van der Waals surface area contributed by atoms with Crippen molar-refractivity contribution in [2.24, 2.45) is 4.99 Å². The number of nitrogens with one attached hydrogen (secondary N) is 1. The van der Waals surface area contributed by atoms with Crippen LogP contribution >= 0.6 is 23.2 Å². The van der Waals surface area contributed by atoms with Crippen LogP contribution in [0.4, 0.5) is 0 Å². The summed E-state index contributed by atoms with van der Waals surface area (Å²) in [6.45, 7) is 9.07. The smallest absolute Gasteiger partial charge is 0.175 e. The fourth-order valence-electron chi connectivity index (χ4n) is 6.70. The van der Waals surface area contributed by atoms with Crippen LogP contribution in [0, 0.1) is 0 Å². The Bertz CT molecular complexity index is 1850. The average Bonchev–Trinajstić information content (AvgIpc) is 3.25. The van der Waals surface area contributed by atoms with Crippen LogP contribution in [0.15, 0.2) is 76.6 Å². The number of amidine groups is 1. The van der Waals surface area contributed by atoms with E-state index in [0.717, 1.165) is 17.7 Å². The van der Waals surface area contributed by atoms with Crippen LogP contribution in [0.2, 0.25) is 10.0 Å². The zero-order valence-corrected chi connectivity index (χ0v) is 30.5. The molecule has 1 fully saturated rings. The molecule has 0 spiro atoms. The van der Waals surface area contributed by atoms with Gasteiger partial charge in [0.2, 0.25) is 0 Å². The number of sulfone groups is 2. The van der Waals surface area contributed by atoms with Crippen LogP contribution in [0.3, 0.4) is 0 Å². The van der Waals surface area contributed by atoms with Gasteiger partial charge < -0.3 is 9.64 Å². The van der Waals surface area contributed by atoms with Gasteiger partial charge in [0.1, 0.15) is 27.0 Å². The first-order chi connectivity index (χ1) is 22.1. The number of benzene rings is 3. The maximum atomic E-state index is 12.8. The van der Waals surface area contributed by atoms with Gasteiger partial charge in [-0.25, -0.2) is 16.8 Å². The van der Waals surface area contributed by atoms with Gasteiger partial charge in [0.15, 0.2) is 9.84 Å². The van der Waals surface area contributed by atoms with Crippen molar-refractivity contribution in [3.05, 3.63) is 93.5 Å². The van der Waals surface area contributed by atoms with Crippen molar-refractivity contribution in [1.82, 2.24) is 15.1 Å². The highest BCUT2D eigenvalue weighted by Gasteiger charge is 2.59. The van der Waals surface area contributed by atoms with Crippen LogP contribution in [0.25, 0.3) is 0 Å². The number of nitrogens with zero attached hydrogens (tertiary/aromatic N) is 3. The first-order valence-electron chi connectivity index (χ1n) is 15.6. The molecular weight excluding hydrogens is 679 g/mol. The highest BCUT2D eigenvalue weighted by molar-refractivity contribution is 7.91. The standard InChI is InChI=1S/C34H42Cl2N4O5S2/c1-6-45-30-17-16-28(47(5,43)44)22-29(30)32-38-33(2,24-8-12-26(35)13-9-24)34(3,25-10-14-27(36)15-11-25)40(32)31-23-39(20-18-37-31)19-7-21-46(4,41)42/h8-17,22,31,37H,6-7,18-21,23H2,1-5H3/t31?,33-,34+/m0/s1. The van der Waals surface area contributed by atoms with Crippen LogP contribution in [0.5, 0.6) is 5.75 Å². The highest BCUT2D eigenvalue weighted by atomic mass is 35.5. The van der Waals surface area contributed by atoms with Gasteiger partial charge in [-0.2, -0.15) is 0 Å². The molecule has 0 amide bonds.